The van der Waals surface area contributed by atoms with Crippen LogP contribution in [0.4, 0.5) is 0 Å². The number of hydrogen-bond donors (Lipinski definition) is 2. The molecule has 1 aromatic rings. The maximum Gasteiger partial charge on any atom is 0.326 e. The molecule has 1 aromatic carbocycles. The Bertz CT molecular complexity index is 521. The van der Waals surface area contributed by atoms with Crippen LogP contribution in [-0.2, 0) is 9.59 Å². The van der Waals surface area contributed by atoms with Gasteiger partial charge in [0.15, 0.2) is 0 Å². The molecule has 1 amide bonds. The van der Waals surface area contributed by atoms with Crippen LogP contribution in [0.3, 0.4) is 0 Å². The fourth-order valence-corrected chi connectivity index (χ4v) is 2.07. The minimum Gasteiger partial charge on any atom is -0.480 e. The number of halogens is 2. The third kappa shape index (κ3) is 4.54. The molecule has 6 heteroatoms. The van der Waals surface area contributed by atoms with E-state index in [1.54, 1.807) is 32.0 Å². The predicted molar refractivity (Wildman–Crippen MR) is 79.9 cm³/mol. The van der Waals surface area contributed by atoms with Crippen LogP contribution in [0.1, 0.15) is 19.4 Å². The molecule has 20 heavy (non-hydrogen) atoms. The second kappa shape index (κ2) is 7.31. The molecule has 0 aliphatic rings. The van der Waals surface area contributed by atoms with Crippen LogP contribution in [0.5, 0.6) is 0 Å². The normalized spacial score (nSPS) is 12.7. The van der Waals surface area contributed by atoms with Gasteiger partial charge in [-0.25, -0.2) is 4.79 Å². The first-order chi connectivity index (χ1) is 9.32. The molecule has 4 nitrogen and oxygen atoms in total. The average Bonchev–Trinajstić information content (AvgIpc) is 2.34. The fraction of sp³-hybridized carbons (Fsp3) is 0.286. The van der Waals surface area contributed by atoms with Crippen molar-refractivity contribution in [2.75, 3.05) is 0 Å². The lowest BCUT2D eigenvalue weighted by atomic mass is 10.0. The summed E-state index contributed by atoms with van der Waals surface area (Å²) in [5.41, 5.74) is 0.516. The zero-order valence-corrected chi connectivity index (χ0v) is 12.6. The molecule has 0 unspecified atom stereocenters. The van der Waals surface area contributed by atoms with Crippen LogP contribution in [0, 0.1) is 5.92 Å². The zero-order valence-electron chi connectivity index (χ0n) is 11.1. The van der Waals surface area contributed by atoms with Gasteiger partial charge in [0.1, 0.15) is 6.04 Å². The molecule has 0 aromatic heterocycles. The first kappa shape index (κ1) is 16.5. The maximum atomic E-state index is 11.7. The minimum atomic E-state index is -1.07. The third-order valence-electron chi connectivity index (χ3n) is 2.63. The molecule has 1 rings (SSSR count). The van der Waals surface area contributed by atoms with E-state index in [1.807, 2.05) is 0 Å². The van der Waals surface area contributed by atoms with Crippen LogP contribution >= 0.6 is 23.2 Å². The zero-order chi connectivity index (χ0) is 15.3. The van der Waals surface area contributed by atoms with Gasteiger partial charge in [0, 0.05) is 21.7 Å². The van der Waals surface area contributed by atoms with E-state index in [2.05, 4.69) is 5.32 Å². The number of amides is 1. The number of aliphatic carboxylic acids is 1. The van der Waals surface area contributed by atoms with E-state index in [9.17, 15) is 9.59 Å². The lowest BCUT2D eigenvalue weighted by molar-refractivity contribution is -0.142. The predicted octanol–water partition coefficient (Wildman–Crippen LogP) is 3.23. The van der Waals surface area contributed by atoms with Crippen molar-refractivity contribution in [1.29, 1.82) is 0 Å². The smallest absolute Gasteiger partial charge is 0.326 e. The summed E-state index contributed by atoms with van der Waals surface area (Å²) >= 11 is 11.9. The van der Waals surface area contributed by atoms with Crippen molar-refractivity contribution >= 4 is 41.2 Å². The van der Waals surface area contributed by atoms with Gasteiger partial charge in [0.05, 0.1) is 0 Å². The fourth-order valence-electron chi connectivity index (χ4n) is 1.54. The average molecular weight is 316 g/mol. The van der Waals surface area contributed by atoms with E-state index < -0.39 is 17.9 Å². The molecule has 2 N–H and O–H groups in total. The molecule has 0 bridgehead atoms. The van der Waals surface area contributed by atoms with Crippen LogP contribution in [0.2, 0.25) is 10.0 Å². The van der Waals surface area contributed by atoms with Crippen LogP contribution in [0.25, 0.3) is 6.08 Å². The lowest BCUT2D eigenvalue weighted by Gasteiger charge is -2.16. The third-order valence-corrected chi connectivity index (χ3v) is 3.29. The van der Waals surface area contributed by atoms with Gasteiger partial charge in [0.25, 0.3) is 0 Å². The molecule has 0 saturated heterocycles. The Hall–Kier alpha value is -1.52. The number of hydrogen-bond acceptors (Lipinski definition) is 2. The van der Waals surface area contributed by atoms with Crippen molar-refractivity contribution in [3.8, 4) is 0 Å². The summed E-state index contributed by atoms with van der Waals surface area (Å²) in [5.74, 6) is -1.80. The van der Waals surface area contributed by atoms with Gasteiger partial charge in [-0.3, -0.25) is 4.79 Å². The molecule has 1 atom stereocenters. The standard InChI is InChI=1S/C14H15Cl2NO3/c1-8(2)13(14(19)20)17-12(18)7-6-9-10(15)4-3-5-11(9)16/h3-8,13H,1-2H3,(H,17,18)(H,19,20)/t13-/m1/s1. The summed E-state index contributed by atoms with van der Waals surface area (Å²) < 4.78 is 0. The second-order valence-corrected chi connectivity index (χ2v) is 5.35. The lowest BCUT2D eigenvalue weighted by Crippen LogP contribution is -2.43. The van der Waals surface area contributed by atoms with Crippen molar-refractivity contribution in [1.82, 2.24) is 5.32 Å². The van der Waals surface area contributed by atoms with Crippen molar-refractivity contribution in [2.45, 2.75) is 19.9 Å². The SMILES string of the molecule is CC(C)[C@@H](NC(=O)C=Cc1c(Cl)cccc1Cl)C(=O)O. The number of carboxylic acids is 1. The first-order valence-electron chi connectivity index (χ1n) is 5.98. The number of nitrogens with one attached hydrogen (secondary N) is 1. The van der Waals surface area contributed by atoms with E-state index >= 15 is 0 Å². The number of carbonyl (C=O) groups is 2. The molecule has 0 fully saturated rings. The van der Waals surface area contributed by atoms with Gasteiger partial charge < -0.3 is 10.4 Å². The second-order valence-electron chi connectivity index (χ2n) is 4.54. The highest BCUT2D eigenvalue weighted by molar-refractivity contribution is 6.37. The summed E-state index contributed by atoms with van der Waals surface area (Å²) in [6, 6.07) is 4.06. The summed E-state index contributed by atoms with van der Waals surface area (Å²) in [6.07, 6.45) is 2.67. The summed E-state index contributed by atoms with van der Waals surface area (Å²) in [7, 11) is 0. The topological polar surface area (TPSA) is 66.4 Å². The summed E-state index contributed by atoms with van der Waals surface area (Å²) in [4.78, 5) is 22.7. The molecule has 0 spiro atoms. The van der Waals surface area contributed by atoms with Gasteiger partial charge in [0.2, 0.25) is 5.91 Å². The Morgan fingerprint density at radius 3 is 2.25 bits per heavy atom. The Labute approximate surface area is 127 Å². The number of carbonyl (C=O) groups excluding carboxylic acids is 1. The Kier molecular flexibility index (Phi) is 6.05. The molecule has 108 valence electrons. The molecular weight excluding hydrogens is 301 g/mol. The van der Waals surface area contributed by atoms with E-state index in [-0.39, 0.29) is 5.92 Å². The summed E-state index contributed by atoms with van der Waals surface area (Å²) in [5, 5.41) is 12.2. The highest BCUT2D eigenvalue weighted by Crippen LogP contribution is 2.25. The summed E-state index contributed by atoms with van der Waals surface area (Å²) in [6.45, 7) is 3.43. The molecular formula is C14H15Cl2NO3. The largest absolute Gasteiger partial charge is 0.480 e. The highest BCUT2D eigenvalue weighted by Gasteiger charge is 2.22. The van der Waals surface area contributed by atoms with Gasteiger partial charge in [-0.1, -0.05) is 43.1 Å². The highest BCUT2D eigenvalue weighted by atomic mass is 35.5. The molecule has 0 heterocycles. The Morgan fingerprint density at radius 2 is 1.80 bits per heavy atom. The van der Waals surface area contributed by atoms with Crippen molar-refractivity contribution in [3.05, 3.63) is 39.9 Å². The van der Waals surface area contributed by atoms with Gasteiger partial charge in [-0.2, -0.15) is 0 Å². The molecule has 0 saturated carbocycles. The Morgan fingerprint density at radius 1 is 1.25 bits per heavy atom. The molecule has 0 aliphatic heterocycles. The number of rotatable bonds is 5. The quantitative estimate of drug-likeness (QED) is 0.820. The number of carboxylic acid groups (broad SMARTS) is 1. The molecule has 0 radical (unpaired) electrons. The van der Waals surface area contributed by atoms with Crippen molar-refractivity contribution in [3.63, 3.8) is 0 Å². The van der Waals surface area contributed by atoms with E-state index in [0.717, 1.165) is 0 Å². The van der Waals surface area contributed by atoms with Crippen molar-refractivity contribution < 1.29 is 14.7 Å². The van der Waals surface area contributed by atoms with Gasteiger partial charge in [-0.05, 0) is 24.1 Å². The van der Waals surface area contributed by atoms with Gasteiger partial charge in [-0.15, -0.1) is 0 Å². The number of benzene rings is 1. The first-order valence-corrected chi connectivity index (χ1v) is 6.74. The minimum absolute atomic E-state index is 0.214. The van der Waals surface area contributed by atoms with E-state index in [1.165, 1.54) is 12.2 Å². The maximum absolute atomic E-state index is 11.7. The van der Waals surface area contributed by atoms with Crippen LogP contribution < -0.4 is 5.32 Å². The van der Waals surface area contributed by atoms with Crippen LogP contribution in [0.15, 0.2) is 24.3 Å². The molecule has 0 aliphatic carbocycles. The van der Waals surface area contributed by atoms with Crippen LogP contribution in [-0.4, -0.2) is 23.0 Å². The van der Waals surface area contributed by atoms with Crippen molar-refractivity contribution in [2.24, 2.45) is 5.92 Å². The van der Waals surface area contributed by atoms with E-state index in [4.69, 9.17) is 28.3 Å². The van der Waals surface area contributed by atoms with E-state index in [0.29, 0.717) is 15.6 Å². The monoisotopic (exact) mass is 315 g/mol. The van der Waals surface area contributed by atoms with Gasteiger partial charge >= 0.3 is 5.97 Å². The Balaban J connectivity index is 2.80.